The monoisotopic (exact) mass is 336 g/mol. The summed E-state index contributed by atoms with van der Waals surface area (Å²) in [5, 5.41) is 4.13. The first-order valence-electron chi connectivity index (χ1n) is 8.74. The van der Waals surface area contributed by atoms with Gasteiger partial charge in [-0.05, 0) is 24.2 Å². The number of benzene rings is 1. The van der Waals surface area contributed by atoms with Crippen LogP contribution in [0.2, 0.25) is 0 Å². The maximum absolute atomic E-state index is 4.32. The van der Waals surface area contributed by atoms with Gasteiger partial charge in [0.2, 0.25) is 0 Å². The summed E-state index contributed by atoms with van der Waals surface area (Å²) in [6.45, 7) is 5.62. The van der Waals surface area contributed by atoms with Crippen LogP contribution in [0.5, 0.6) is 0 Å². The molecule has 0 unspecified atom stereocenters. The molecule has 3 aromatic rings. The maximum Gasteiger partial charge on any atom is 0.143 e. The molecule has 1 fully saturated rings. The highest BCUT2D eigenvalue weighted by atomic mass is 15.2. The van der Waals surface area contributed by atoms with Crippen molar-refractivity contribution in [1.82, 2.24) is 24.8 Å². The Bertz CT molecular complexity index is 846. The SMILES string of the molecule is CNc1ncnc2[nH]c(-c3ccc(CN4CCN(C)CC4)cc3)cc12. The fourth-order valence-electron chi connectivity index (χ4n) is 3.35. The number of hydrogen-bond donors (Lipinski definition) is 2. The van der Waals surface area contributed by atoms with Crippen LogP contribution in [0.1, 0.15) is 5.56 Å². The minimum absolute atomic E-state index is 0.846. The average molecular weight is 336 g/mol. The van der Waals surface area contributed by atoms with Crippen molar-refractivity contribution in [3.05, 3.63) is 42.2 Å². The number of aromatic amines is 1. The summed E-state index contributed by atoms with van der Waals surface area (Å²) in [6.07, 6.45) is 1.58. The van der Waals surface area contributed by atoms with Gasteiger partial charge in [0, 0.05) is 45.5 Å². The number of rotatable bonds is 4. The van der Waals surface area contributed by atoms with E-state index in [0.717, 1.165) is 55.3 Å². The van der Waals surface area contributed by atoms with E-state index >= 15 is 0 Å². The van der Waals surface area contributed by atoms with Gasteiger partial charge in [-0.25, -0.2) is 9.97 Å². The zero-order chi connectivity index (χ0) is 17.2. The second-order valence-corrected chi connectivity index (χ2v) is 6.69. The first-order chi connectivity index (χ1) is 12.2. The van der Waals surface area contributed by atoms with E-state index in [-0.39, 0.29) is 0 Å². The van der Waals surface area contributed by atoms with Crippen molar-refractivity contribution in [1.29, 1.82) is 0 Å². The molecule has 0 atom stereocenters. The molecule has 0 spiro atoms. The molecular formula is C19H24N6. The van der Waals surface area contributed by atoms with Gasteiger partial charge in [-0.15, -0.1) is 0 Å². The highest BCUT2D eigenvalue weighted by molar-refractivity contribution is 5.91. The van der Waals surface area contributed by atoms with Gasteiger partial charge in [0.25, 0.3) is 0 Å². The van der Waals surface area contributed by atoms with Crippen molar-refractivity contribution in [2.24, 2.45) is 0 Å². The number of aromatic nitrogens is 3. The predicted octanol–water partition coefficient (Wildman–Crippen LogP) is 2.41. The summed E-state index contributed by atoms with van der Waals surface area (Å²) in [6, 6.07) is 10.9. The lowest BCUT2D eigenvalue weighted by Gasteiger charge is -2.32. The van der Waals surface area contributed by atoms with E-state index in [1.165, 1.54) is 11.1 Å². The van der Waals surface area contributed by atoms with Gasteiger partial charge in [-0.3, -0.25) is 4.90 Å². The summed E-state index contributed by atoms with van der Waals surface area (Å²) in [7, 11) is 4.07. The molecule has 130 valence electrons. The summed E-state index contributed by atoms with van der Waals surface area (Å²) >= 11 is 0. The van der Waals surface area contributed by atoms with Crippen molar-refractivity contribution >= 4 is 16.9 Å². The Kier molecular flexibility index (Phi) is 4.38. The van der Waals surface area contributed by atoms with Gasteiger partial charge in [0.15, 0.2) is 0 Å². The van der Waals surface area contributed by atoms with Crippen molar-refractivity contribution < 1.29 is 0 Å². The number of piperazine rings is 1. The second kappa shape index (κ2) is 6.82. The van der Waals surface area contributed by atoms with E-state index in [9.17, 15) is 0 Å². The van der Waals surface area contributed by atoms with Crippen LogP contribution in [-0.2, 0) is 6.54 Å². The molecular weight excluding hydrogens is 312 g/mol. The molecule has 25 heavy (non-hydrogen) atoms. The number of anilines is 1. The molecule has 0 radical (unpaired) electrons. The lowest BCUT2D eigenvalue weighted by Crippen LogP contribution is -2.43. The summed E-state index contributed by atoms with van der Waals surface area (Å²) in [5.41, 5.74) is 4.45. The van der Waals surface area contributed by atoms with Crippen molar-refractivity contribution in [3.8, 4) is 11.3 Å². The van der Waals surface area contributed by atoms with Gasteiger partial charge < -0.3 is 15.2 Å². The molecule has 2 N–H and O–H groups in total. The molecule has 0 aliphatic carbocycles. The van der Waals surface area contributed by atoms with Crippen LogP contribution in [0, 0.1) is 0 Å². The lowest BCUT2D eigenvalue weighted by atomic mass is 10.1. The first-order valence-corrected chi connectivity index (χ1v) is 8.74. The van der Waals surface area contributed by atoms with E-state index < -0.39 is 0 Å². The van der Waals surface area contributed by atoms with E-state index in [1.54, 1.807) is 6.33 Å². The van der Waals surface area contributed by atoms with E-state index in [1.807, 2.05) is 7.05 Å². The molecule has 1 saturated heterocycles. The molecule has 2 aromatic heterocycles. The Morgan fingerprint density at radius 3 is 2.56 bits per heavy atom. The van der Waals surface area contributed by atoms with Crippen molar-refractivity contribution in [2.45, 2.75) is 6.54 Å². The molecule has 1 aliphatic rings. The highest BCUT2D eigenvalue weighted by Gasteiger charge is 2.14. The fraction of sp³-hybridized carbons (Fsp3) is 0.368. The number of likely N-dealkylation sites (N-methyl/N-ethyl adjacent to an activating group) is 1. The molecule has 6 heteroatoms. The summed E-state index contributed by atoms with van der Waals surface area (Å²) in [5.74, 6) is 0.846. The van der Waals surface area contributed by atoms with Crippen LogP contribution in [0.15, 0.2) is 36.7 Å². The third-order valence-electron chi connectivity index (χ3n) is 4.93. The standard InChI is InChI=1S/C19H24N6/c1-20-18-16-11-17(23-19(16)22-13-21-18)15-5-3-14(4-6-15)12-25-9-7-24(2)8-10-25/h3-6,11,13H,7-10,12H2,1-2H3,(H2,20,21,22,23). The first kappa shape index (κ1) is 16.1. The third kappa shape index (κ3) is 3.36. The zero-order valence-corrected chi connectivity index (χ0v) is 14.8. The molecule has 0 saturated carbocycles. The Morgan fingerprint density at radius 2 is 1.84 bits per heavy atom. The second-order valence-electron chi connectivity index (χ2n) is 6.69. The zero-order valence-electron chi connectivity index (χ0n) is 14.8. The van der Waals surface area contributed by atoms with Gasteiger partial charge >= 0.3 is 0 Å². The fourth-order valence-corrected chi connectivity index (χ4v) is 3.35. The summed E-state index contributed by atoms with van der Waals surface area (Å²) in [4.78, 5) is 16.9. The van der Waals surface area contributed by atoms with Crippen LogP contribution < -0.4 is 5.32 Å². The van der Waals surface area contributed by atoms with Gasteiger partial charge in [0.1, 0.15) is 17.8 Å². The lowest BCUT2D eigenvalue weighted by molar-refractivity contribution is 0.148. The normalized spacial score (nSPS) is 16.4. The van der Waals surface area contributed by atoms with Gasteiger partial charge in [-0.2, -0.15) is 0 Å². The molecule has 0 bridgehead atoms. The van der Waals surface area contributed by atoms with E-state index in [0.29, 0.717) is 0 Å². The number of hydrogen-bond acceptors (Lipinski definition) is 5. The van der Waals surface area contributed by atoms with Crippen molar-refractivity contribution in [2.75, 3.05) is 45.6 Å². The van der Waals surface area contributed by atoms with Crippen LogP contribution in [0.3, 0.4) is 0 Å². The Hall–Kier alpha value is -2.44. The van der Waals surface area contributed by atoms with Crippen molar-refractivity contribution in [3.63, 3.8) is 0 Å². The van der Waals surface area contributed by atoms with Crippen LogP contribution in [0.25, 0.3) is 22.3 Å². The Balaban J connectivity index is 1.52. The quantitative estimate of drug-likeness (QED) is 0.766. The van der Waals surface area contributed by atoms with E-state index in [2.05, 4.69) is 67.4 Å². The highest BCUT2D eigenvalue weighted by Crippen LogP contribution is 2.26. The molecule has 6 nitrogen and oxygen atoms in total. The molecule has 3 heterocycles. The molecule has 1 aliphatic heterocycles. The molecule has 0 amide bonds. The van der Waals surface area contributed by atoms with E-state index in [4.69, 9.17) is 0 Å². The smallest absolute Gasteiger partial charge is 0.143 e. The number of nitrogens with zero attached hydrogens (tertiary/aromatic N) is 4. The Labute approximate surface area is 147 Å². The van der Waals surface area contributed by atoms with Crippen LogP contribution in [-0.4, -0.2) is 65.0 Å². The van der Waals surface area contributed by atoms with Gasteiger partial charge in [-0.1, -0.05) is 24.3 Å². The minimum atomic E-state index is 0.846. The largest absolute Gasteiger partial charge is 0.372 e. The Morgan fingerprint density at radius 1 is 1.08 bits per heavy atom. The predicted molar refractivity (Wildman–Crippen MR) is 102 cm³/mol. The average Bonchev–Trinajstić information content (AvgIpc) is 3.08. The topological polar surface area (TPSA) is 60.1 Å². The number of fused-ring (bicyclic) bond motifs is 1. The van der Waals surface area contributed by atoms with Gasteiger partial charge in [0.05, 0.1) is 5.39 Å². The number of H-pyrrole nitrogens is 1. The summed E-state index contributed by atoms with van der Waals surface area (Å²) < 4.78 is 0. The molecule has 1 aromatic carbocycles. The van der Waals surface area contributed by atoms with Crippen LogP contribution >= 0.6 is 0 Å². The van der Waals surface area contributed by atoms with Crippen LogP contribution in [0.4, 0.5) is 5.82 Å². The maximum atomic E-state index is 4.32. The number of nitrogens with one attached hydrogen (secondary N) is 2. The third-order valence-corrected chi connectivity index (χ3v) is 4.93. The molecule has 4 rings (SSSR count). The minimum Gasteiger partial charge on any atom is -0.372 e.